The number of benzene rings is 1. The third-order valence-electron chi connectivity index (χ3n) is 2.68. The van der Waals surface area contributed by atoms with E-state index in [0.717, 1.165) is 0 Å². The van der Waals surface area contributed by atoms with Crippen LogP contribution >= 0.6 is 0 Å². The number of nitro groups is 1. The number of nitro benzene ring substituents is 1. The maximum atomic E-state index is 11.7. The first kappa shape index (κ1) is 12.3. The number of non-ortho nitro benzene ring substituents is 1. The summed E-state index contributed by atoms with van der Waals surface area (Å²) < 4.78 is 5.25. The second kappa shape index (κ2) is 5.01. The number of rotatable bonds is 4. The number of carbonyl (C=O) groups is 1. The van der Waals surface area contributed by atoms with E-state index in [4.69, 9.17) is 4.74 Å². The standard InChI is InChI=1S/C11H13N3O4/c1-12-4-5-13-9-6-8(14(16)17)2-3-10(9)18-7-11(13)15/h2-3,6,12H,4-5,7H2,1H3. The number of hydrogen-bond acceptors (Lipinski definition) is 5. The maximum Gasteiger partial charge on any atom is 0.271 e. The van der Waals surface area contributed by atoms with Crippen molar-refractivity contribution < 1.29 is 14.5 Å². The lowest BCUT2D eigenvalue weighted by atomic mass is 10.2. The number of anilines is 1. The van der Waals surface area contributed by atoms with Crippen LogP contribution in [0.3, 0.4) is 0 Å². The number of ether oxygens (including phenoxy) is 1. The molecule has 1 aliphatic heterocycles. The highest BCUT2D eigenvalue weighted by Gasteiger charge is 2.26. The molecule has 0 radical (unpaired) electrons. The zero-order valence-electron chi connectivity index (χ0n) is 9.88. The summed E-state index contributed by atoms with van der Waals surface area (Å²) in [4.78, 5) is 23.5. The number of hydrogen-bond donors (Lipinski definition) is 1. The molecule has 1 N–H and O–H groups in total. The Morgan fingerprint density at radius 1 is 1.56 bits per heavy atom. The van der Waals surface area contributed by atoms with Crippen molar-refractivity contribution in [2.45, 2.75) is 0 Å². The first-order chi connectivity index (χ1) is 8.63. The predicted octanol–water partition coefficient (Wildman–Crippen LogP) is 0.540. The molecule has 0 spiro atoms. The van der Waals surface area contributed by atoms with Gasteiger partial charge in [-0.1, -0.05) is 0 Å². The largest absolute Gasteiger partial charge is 0.482 e. The minimum Gasteiger partial charge on any atom is -0.482 e. The van der Waals surface area contributed by atoms with E-state index >= 15 is 0 Å². The van der Waals surface area contributed by atoms with Crippen LogP contribution in [0, 0.1) is 10.1 Å². The molecule has 0 aromatic heterocycles. The number of nitrogens with zero attached hydrogens (tertiary/aromatic N) is 2. The molecule has 1 heterocycles. The Bertz CT molecular complexity index is 489. The van der Waals surface area contributed by atoms with E-state index in [0.29, 0.717) is 24.5 Å². The van der Waals surface area contributed by atoms with Gasteiger partial charge in [-0.05, 0) is 13.1 Å². The van der Waals surface area contributed by atoms with E-state index < -0.39 is 4.92 Å². The summed E-state index contributed by atoms with van der Waals surface area (Å²) in [6.45, 7) is 1.02. The summed E-state index contributed by atoms with van der Waals surface area (Å²) in [6.07, 6.45) is 0. The van der Waals surface area contributed by atoms with Crippen LogP contribution in [0.2, 0.25) is 0 Å². The molecule has 18 heavy (non-hydrogen) atoms. The highest BCUT2D eigenvalue weighted by Crippen LogP contribution is 2.34. The molecule has 7 heteroatoms. The van der Waals surface area contributed by atoms with Gasteiger partial charge in [0.25, 0.3) is 11.6 Å². The van der Waals surface area contributed by atoms with Crippen LogP contribution in [0.15, 0.2) is 18.2 Å². The predicted molar refractivity (Wildman–Crippen MR) is 64.9 cm³/mol. The van der Waals surface area contributed by atoms with Crippen LogP contribution in [-0.4, -0.2) is 37.6 Å². The van der Waals surface area contributed by atoms with Crippen molar-refractivity contribution >= 4 is 17.3 Å². The molecule has 0 fully saturated rings. The van der Waals surface area contributed by atoms with Gasteiger partial charge in [0.15, 0.2) is 6.61 Å². The zero-order valence-corrected chi connectivity index (χ0v) is 9.88. The summed E-state index contributed by atoms with van der Waals surface area (Å²) in [5.41, 5.74) is 0.400. The van der Waals surface area contributed by atoms with Gasteiger partial charge in [-0.15, -0.1) is 0 Å². The molecule has 0 aliphatic carbocycles. The van der Waals surface area contributed by atoms with Crippen LogP contribution in [0.25, 0.3) is 0 Å². The molecule has 2 rings (SSSR count). The summed E-state index contributed by atoms with van der Waals surface area (Å²) in [5.74, 6) is 0.301. The lowest BCUT2D eigenvalue weighted by Crippen LogP contribution is -2.42. The third-order valence-corrected chi connectivity index (χ3v) is 2.68. The highest BCUT2D eigenvalue weighted by molar-refractivity contribution is 5.98. The topological polar surface area (TPSA) is 84.7 Å². The van der Waals surface area contributed by atoms with Crippen molar-refractivity contribution in [2.24, 2.45) is 0 Å². The van der Waals surface area contributed by atoms with Gasteiger partial charge in [0.05, 0.1) is 10.6 Å². The minimum absolute atomic E-state index is 0.0332. The van der Waals surface area contributed by atoms with Crippen molar-refractivity contribution in [3.05, 3.63) is 28.3 Å². The summed E-state index contributed by atoms with van der Waals surface area (Å²) in [6, 6.07) is 4.25. The van der Waals surface area contributed by atoms with Gasteiger partial charge in [0.2, 0.25) is 0 Å². The van der Waals surface area contributed by atoms with E-state index in [1.165, 1.54) is 23.1 Å². The van der Waals surface area contributed by atoms with E-state index in [2.05, 4.69) is 5.32 Å². The zero-order chi connectivity index (χ0) is 13.1. The van der Waals surface area contributed by atoms with Crippen molar-refractivity contribution in [3.8, 4) is 5.75 Å². The second-order valence-electron chi connectivity index (χ2n) is 3.85. The molecule has 1 aromatic carbocycles. The summed E-state index contributed by atoms with van der Waals surface area (Å²) >= 11 is 0. The van der Waals surface area contributed by atoms with Crippen molar-refractivity contribution in [1.29, 1.82) is 0 Å². The number of likely N-dealkylation sites (N-methyl/N-ethyl adjacent to an activating group) is 1. The van der Waals surface area contributed by atoms with Gasteiger partial charge in [-0.25, -0.2) is 0 Å². The summed E-state index contributed by atoms with van der Waals surface area (Å²) in [7, 11) is 1.78. The molecule has 7 nitrogen and oxygen atoms in total. The van der Waals surface area contributed by atoms with Crippen LogP contribution < -0.4 is 15.0 Å². The Kier molecular flexibility index (Phi) is 3.42. The lowest BCUT2D eigenvalue weighted by molar-refractivity contribution is -0.384. The van der Waals surface area contributed by atoms with Gasteiger partial charge in [-0.2, -0.15) is 0 Å². The number of fused-ring (bicyclic) bond motifs is 1. The van der Waals surface area contributed by atoms with Crippen LogP contribution in [-0.2, 0) is 4.79 Å². The Hall–Kier alpha value is -2.15. The molecule has 1 aliphatic rings. The van der Waals surface area contributed by atoms with Crippen LogP contribution in [0.5, 0.6) is 5.75 Å². The van der Waals surface area contributed by atoms with E-state index in [-0.39, 0.29) is 18.2 Å². The Morgan fingerprint density at radius 3 is 3.00 bits per heavy atom. The number of nitrogens with one attached hydrogen (secondary N) is 1. The van der Waals surface area contributed by atoms with Crippen LogP contribution in [0.1, 0.15) is 0 Å². The Balaban J connectivity index is 2.36. The fourth-order valence-electron chi connectivity index (χ4n) is 1.77. The molecule has 96 valence electrons. The molecule has 0 saturated carbocycles. The van der Waals surface area contributed by atoms with Gasteiger partial charge in [0, 0.05) is 25.2 Å². The number of carbonyl (C=O) groups excluding carboxylic acids is 1. The molecule has 0 unspecified atom stereocenters. The lowest BCUT2D eigenvalue weighted by Gasteiger charge is -2.29. The van der Waals surface area contributed by atoms with Crippen molar-refractivity contribution in [1.82, 2.24) is 5.32 Å². The van der Waals surface area contributed by atoms with Gasteiger partial charge in [-0.3, -0.25) is 14.9 Å². The third kappa shape index (κ3) is 2.25. The normalized spacial score (nSPS) is 14.1. The van der Waals surface area contributed by atoms with Gasteiger partial charge < -0.3 is 15.0 Å². The molecule has 1 aromatic rings. The van der Waals surface area contributed by atoms with E-state index in [9.17, 15) is 14.9 Å². The fraction of sp³-hybridized carbons (Fsp3) is 0.364. The molecule has 0 bridgehead atoms. The molecular weight excluding hydrogens is 238 g/mol. The first-order valence-corrected chi connectivity index (χ1v) is 5.49. The quantitative estimate of drug-likeness (QED) is 0.623. The summed E-state index contributed by atoms with van der Waals surface area (Å²) in [5, 5.41) is 13.7. The van der Waals surface area contributed by atoms with E-state index in [1.54, 1.807) is 7.05 Å². The second-order valence-corrected chi connectivity index (χ2v) is 3.85. The molecule has 0 atom stereocenters. The smallest absolute Gasteiger partial charge is 0.271 e. The van der Waals surface area contributed by atoms with E-state index in [1.807, 2.05) is 0 Å². The molecule has 1 amide bonds. The Labute approximate surface area is 103 Å². The van der Waals surface area contributed by atoms with Crippen molar-refractivity contribution in [2.75, 3.05) is 31.6 Å². The fourth-order valence-corrected chi connectivity index (χ4v) is 1.77. The average Bonchev–Trinajstić information content (AvgIpc) is 2.37. The highest BCUT2D eigenvalue weighted by atomic mass is 16.6. The average molecular weight is 251 g/mol. The van der Waals surface area contributed by atoms with Gasteiger partial charge >= 0.3 is 0 Å². The van der Waals surface area contributed by atoms with Crippen molar-refractivity contribution in [3.63, 3.8) is 0 Å². The SMILES string of the molecule is CNCCN1C(=O)COc2ccc([N+](=O)[O-])cc21. The van der Waals surface area contributed by atoms with Gasteiger partial charge in [0.1, 0.15) is 5.75 Å². The monoisotopic (exact) mass is 251 g/mol. The first-order valence-electron chi connectivity index (χ1n) is 5.49. The van der Waals surface area contributed by atoms with Crippen LogP contribution in [0.4, 0.5) is 11.4 Å². The molecule has 0 saturated heterocycles. The Morgan fingerprint density at radius 2 is 2.33 bits per heavy atom. The minimum atomic E-state index is -0.490. The number of amides is 1. The molecular formula is C11H13N3O4. The maximum absolute atomic E-state index is 11.7.